The fourth-order valence-electron chi connectivity index (χ4n) is 1.66. The number of benzene rings is 1. The lowest BCUT2D eigenvalue weighted by Crippen LogP contribution is -2.29. The summed E-state index contributed by atoms with van der Waals surface area (Å²) in [5.41, 5.74) is 0. The maximum Gasteiger partial charge on any atom is 0.448 e. The molecule has 0 saturated carbocycles. The van der Waals surface area contributed by atoms with Crippen molar-refractivity contribution in [2.75, 3.05) is 6.61 Å². The second kappa shape index (κ2) is 6.37. The molecular weight excluding hydrogens is 347 g/mol. The molecule has 0 aliphatic rings. The summed E-state index contributed by atoms with van der Waals surface area (Å²) in [6.45, 7) is 2.58. The van der Waals surface area contributed by atoms with Gasteiger partial charge in [-0.2, -0.15) is 26.3 Å². The van der Waals surface area contributed by atoms with E-state index in [4.69, 9.17) is 0 Å². The maximum absolute atomic E-state index is 13.7. The highest BCUT2D eigenvalue weighted by molar-refractivity contribution is 7.71. The van der Waals surface area contributed by atoms with Gasteiger partial charge in [0.15, 0.2) is 8.24 Å². The van der Waals surface area contributed by atoms with Gasteiger partial charge in [0.2, 0.25) is 7.28 Å². The van der Waals surface area contributed by atoms with Crippen LogP contribution in [0.15, 0.2) is 34.7 Å². The highest BCUT2D eigenvalue weighted by atomic mass is 31.2. The lowest BCUT2D eigenvalue weighted by molar-refractivity contribution is -0.155. The number of hydrogen-bond acceptors (Lipinski definition) is 2. The number of nitrogens with zero attached hydrogens (tertiary/aromatic N) is 1. The van der Waals surface area contributed by atoms with Gasteiger partial charge in [-0.3, -0.25) is 0 Å². The molecule has 0 amide bonds. The zero-order valence-electron chi connectivity index (χ0n) is 12.2. The highest BCUT2D eigenvalue weighted by Gasteiger charge is 2.53. The van der Waals surface area contributed by atoms with Crippen molar-refractivity contribution in [3.05, 3.63) is 30.3 Å². The third kappa shape index (κ3) is 5.14. The summed E-state index contributed by atoms with van der Waals surface area (Å²) in [4.78, 5) is 0. The Hall–Kier alpha value is -0.793. The van der Waals surface area contributed by atoms with E-state index in [0.717, 1.165) is 12.1 Å². The first-order valence-corrected chi connectivity index (χ1v) is 11.3. The van der Waals surface area contributed by atoms with Crippen LogP contribution in [-0.2, 0) is 4.52 Å². The van der Waals surface area contributed by atoms with Gasteiger partial charge in [-0.25, -0.2) is 0 Å². The first-order chi connectivity index (χ1) is 9.77. The molecule has 1 unspecified atom stereocenters. The molecule has 126 valence electrons. The lowest BCUT2D eigenvalue weighted by atomic mass is 10.4. The number of hydrogen-bond donors (Lipinski definition) is 0. The van der Waals surface area contributed by atoms with Crippen LogP contribution >= 0.6 is 7.28 Å². The Labute approximate surface area is 125 Å². The van der Waals surface area contributed by atoms with Crippen LogP contribution in [-0.4, -0.2) is 26.9 Å². The van der Waals surface area contributed by atoms with Crippen LogP contribution in [0.3, 0.4) is 0 Å². The summed E-state index contributed by atoms with van der Waals surface area (Å²) < 4.78 is 86.4. The molecule has 0 spiro atoms. The van der Waals surface area contributed by atoms with E-state index in [9.17, 15) is 26.3 Å². The zero-order chi connectivity index (χ0) is 17.2. The van der Waals surface area contributed by atoms with Gasteiger partial charge in [0.05, 0.1) is 0 Å². The molecule has 10 heteroatoms. The quantitative estimate of drug-likeness (QED) is 0.401. The minimum atomic E-state index is -5.00. The van der Waals surface area contributed by atoms with Gasteiger partial charge in [-0.1, -0.05) is 30.3 Å². The second-order valence-corrected chi connectivity index (χ2v) is 13.1. The molecule has 1 aromatic rings. The number of alkyl halides is 6. The van der Waals surface area contributed by atoms with Crippen molar-refractivity contribution in [1.29, 1.82) is 0 Å². The van der Waals surface area contributed by atoms with Crippen LogP contribution in [0.2, 0.25) is 19.6 Å². The van der Waals surface area contributed by atoms with E-state index < -0.39 is 34.2 Å². The van der Waals surface area contributed by atoms with Gasteiger partial charge in [0.1, 0.15) is 6.61 Å². The first-order valence-electron chi connectivity index (χ1n) is 6.24. The van der Waals surface area contributed by atoms with Crippen LogP contribution in [0.4, 0.5) is 26.3 Å². The summed E-state index contributed by atoms with van der Waals surface area (Å²) in [6.07, 6.45) is -4.86. The summed E-state index contributed by atoms with van der Waals surface area (Å²) in [6, 6.07) is 6.36. The monoisotopic (exact) mass is 363 g/mol. The molecule has 0 heterocycles. The Morgan fingerprint density at radius 2 is 1.50 bits per heavy atom. The average molecular weight is 363 g/mol. The minimum absolute atomic E-state index is 0.353. The van der Waals surface area contributed by atoms with Gasteiger partial charge in [0, 0.05) is 5.30 Å². The van der Waals surface area contributed by atoms with Crippen LogP contribution in [0, 0.1) is 0 Å². The standard InChI is InChI=1S/C12H16F6NOPSi/c1-22(2,3)19-21(12(16,17)18,20-9-11(13,14)15)10-7-5-4-6-8-10/h4-8H,9H2,1-3H3. The highest BCUT2D eigenvalue weighted by Crippen LogP contribution is 2.64. The Balaban J connectivity index is 3.56. The summed E-state index contributed by atoms with van der Waals surface area (Å²) in [5.74, 6) is -5.00. The normalized spacial score (nSPS) is 16.2. The van der Waals surface area contributed by atoms with Gasteiger partial charge < -0.3 is 8.93 Å². The van der Waals surface area contributed by atoms with Gasteiger partial charge in [0.25, 0.3) is 0 Å². The Bertz CT molecular complexity index is 549. The Morgan fingerprint density at radius 1 is 1.00 bits per heavy atom. The number of rotatable bonds is 4. The van der Waals surface area contributed by atoms with Crippen molar-refractivity contribution >= 4 is 20.8 Å². The largest absolute Gasteiger partial charge is 0.448 e. The topological polar surface area (TPSA) is 21.6 Å². The molecule has 0 saturated heterocycles. The molecule has 22 heavy (non-hydrogen) atoms. The van der Waals surface area contributed by atoms with Crippen molar-refractivity contribution in [3.8, 4) is 0 Å². The molecular formula is C12H16F6NOPSi. The first kappa shape index (κ1) is 19.3. The molecule has 1 atom stereocenters. The van der Waals surface area contributed by atoms with Crippen LogP contribution in [0.5, 0.6) is 0 Å². The SMILES string of the molecule is C[Si](C)(C)N=P(OCC(F)(F)F)(c1ccccc1)C(F)(F)F. The maximum atomic E-state index is 13.7. The van der Waals surface area contributed by atoms with Gasteiger partial charge in [-0.15, -0.1) is 0 Å². The predicted octanol–water partition coefficient (Wildman–Crippen LogP) is 5.36. The van der Waals surface area contributed by atoms with Crippen molar-refractivity contribution in [3.63, 3.8) is 0 Å². The molecule has 0 radical (unpaired) electrons. The minimum Gasteiger partial charge on any atom is -0.325 e. The van der Waals surface area contributed by atoms with Gasteiger partial charge >= 0.3 is 12.1 Å². The summed E-state index contributed by atoms with van der Waals surface area (Å²) in [5, 5.41) is -0.353. The van der Waals surface area contributed by atoms with Crippen molar-refractivity contribution in [2.45, 2.75) is 31.7 Å². The van der Waals surface area contributed by atoms with E-state index in [1.807, 2.05) is 0 Å². The fraction of sp³-hybridized carbons (Fsp3) is 0.500. The molecule has 1 rings (SSSR count). The molecule has 0 aliphatic carbocycles. The molecule has 1 aromatic carbocycles. The molecule has 0 aromatic heterocycles. The molecule has 2 nitrogen and oxygen atoms in total. The molecule has 0 bridgehead atoms. The molecule has 0 N–H and O–H groups in total. The third-order valence-electron chi connectivity index (χ3n) is 2.31. The lowest BCUT2D eigenvalue weighted by Gasteiger charge is -2.31. The van der Waals surface area contributed by atoms with Crippen LogP contribution in [0.1, 0.15) is 0 Å². The van der Waals surface area contributed by atoms with Crippen LogP contribution in [0.25, 0.3) is 0 Å². The van der Waals surface area contributed by atoms with Crippen molar-refractivity contribution < 1.29 is 30.9 Å². The second-order valence-electron chi connectivity index (χ2n) is 5.54. The van der Waals surface area contributed by atoms with E-state index in [0.29, 0.717) is 0 Å². The van der Waals surface area contributed by atoms with Crippen molar-refractivity contribution in [1.82, 2.24) is 0 Å². The Kier molecular flexibility index (Phi) is 5.58. The number of halogens is 6. The summed E-state index contributed by atoms with van der Waals surface area (Å²) in [7, 11) is -7.50. The predicted molar refractivity (Wildman–Crippen MR) is 76.8 cm³/mol. The average Bonchev–Trinajstić information content (AvgIpc) is 2.31. The molecule has 0 aliphatic heterocycles. The smallest absolute Gasteiger partial charge is 0.325 e. The molecule has 0 fully saturated rings. The van der Waals surface area contributed by atoms with Crippen LogP contribution < -0.4 is 5.30 Å². The zero-order valence-corrected chi connectivity index (χ0v) is 14.1. The third-order valence-corrected chi connectivity index (χ3v) is 8.02. The fourth-order valence-corrected chi connectivity index (χ4v) is 7.68. The van der Waals surface area contributed by atoms with Gasteiger partial charge in [-0.05, 0) is 19.6 Å². The van der Waals surface area contributed by atoms with E-state index in [2.05, 4.69) is 8.93 Å². The van der Waals surface area contributed by atoms with Crippen molar-refractivity contribution in [2.24, 2.45) is 4.41 Å². The van der Waals surface area contributed by atoms with E-state index in [1.165, 1.54) is 37.8 Å². The van der Waals surface area contributed by atoms with E-state index in [-0.39, 0.29) is 5.30 Å². The summed E-state index contributed by atoms with van der Waals surface area (Å²) >= 11 is 0. The Morgan fingerprint density at radius 3 is 1.86 bits per heavy atom. The van der Waals surface area contributed by atoms with E-state index >= 15 is 0 Å². The van der Waals surface area contributed by atoms with E-state index in [1.54, 1.807) is 0 Å².